The van der Waals surface area contributed by atoms with Gasteiger partial charge < -0.3 is 9.64 Å². The number of alkyl halides is 1. The van der Waals surface area contributed by atoms with Gasteiger partial charge in [-0.25, -0.2) is 0 Å². The van der Waals surface area contributed by atoms with Gasteiger partial charge in [0.2, 0.25) is 5.72 Å². The largest absolute Gasteiger partial charge is 0.464 e. The molecule has 4 rings (SSSR count). The van der Waals surface area contributed by atoms with E-state index in [1.54, 1.807) is 14.0 Å². The molecule has 2 atom stereocenters. The molecule has 5 nitrogen and oxygen atoms in total. The Morgan fingerprint density at radius 2 is 1.69 bits per heavy atom. The molecule has 132 valence electrons. The average molecular weight is 369 g/mol. The molecule has 2 aromatic carbocycles. The lowest BCUT2D eigenvalue weighted by molar-refractivity contribution is -0.164. The molecule has 0 aliphatic carbocycles. The van der Waals surface area contributed by atoms with Gasteiger partial charge in [-0.3, -0.25) is 14.5 Å². The molecule has 2 aromatic rings. The topological polar surface area (TPSA) is 49.9 Å². The summed E-state index contributed by atoms with van der Waals surface area (Å²) in [5.74, 6) is -0.288. The van der Waals surface area contributed by atoms with Crippen molar-refractivity contribution < 1.29 is 14.3 Å². The summed E-state index contributed by atoms with van der Waals surface area (Å²) in [5, 5.41) is 0. The number of ether oxygens (including phenoxy) is 1. The van der Waals surface area contributed by atoms with Crippen LogP contribution >= 0.6 is 11.6 Å². The molecule has 0 N–H and O–H groups in total. The average Bonchev–Trinajstić information content (AvgIpc) is 2.72. The minimum Gasteiger partial charge on any atom is -0.464 e. The molecule has 2 amide bonds. The summed E-state index contributed by atoms with van der Waals surface area (Å²) in [6.45, 7) is 1.72. The van der Waals surface area contributed by atoms with Crippen LogP contribution in [0.25, 0.3) is 0 Å². The van der Waals surface area contributed by atoms with Crippen molar-refractivity contribution in [2.75, 3.05) is 11.9 Å². The zero-order valence-electron chi connectivity index (χ0n) is 14.3. The SMILES string of the molecule is CC1=CC(=O)N2C(Cl)C(=O)N(C)c3ccccc3C2(c2ccccc2)O1. The molecular weight excluding hydrogens is 352 g/mol. The summed E-state index contributed by atoms with van der Waals surface area (Å²) >= 11 is 6.52. The molecule has 2 unspecified atom stereocenters. The predicted molar refractivity (Wildman–Crippen MR) is 98.4 cm³/mol. The maximum absolute atomic E-state index is 13.0. The molecule has 0 aromatic heterocycles. The molecule has 6 heteroatoms. The molecular formula is C20H17ClN2O3. The number of carbonyl (C=O) groups excluding carboxylic acids is 2. The van der Waals surface area contributed by atoms with Gasteiger partial charge in [0, 0.05) is 24.3 Å². The van der Waals surface area contributed by atoms with Crippen LogP contribution in [0.3, 0.4) is 0 Å². The van der Waals surface area contributed by atoms with E-state index < -0.39 is 11.2 Å². The first-order valence-corrected chi connectivity index (χ1v) is 8.68. The van der Waals surface area contributed by atoms with Gasteiger partial charge in [-0.1, -0.05) is 60.1 Å². The standard InChI is InChI=1S/C20H17ClN2O3/c1-13-12-17(24)23-18(21)19(25)22(2)16-11-7-6-10-15(16)20(23,26-13)14-8-4-3-5-9-14/h3-12,18H,1-2H3. The number of benzene rings is 2. The Labute approximate surface area is 156 Å². The number of hydrogen-bond acceptors (Lipinski definition) is 3. The Bertz CT molecular complexity index is 928. The summed E-state index contributed by atoms with van der Waals surface area (Å²) in [7, 11) is 1.65. The second-order valence-electron chi connectivity index (χ2n) is 6.33. The Morgan fingerprint density at radius 1 is 1.04 bits per heavy atom. The number of halogens is 1. The third-order valence-corrected chi connectivity index (χ3v) is 5.15. The number of para-hydroxylation sites is 1. The molecule has 0 saturated heterocycles. The Morgan fingerprint density at radius 3 is 2.42 bits per heavy atom. The van der Waals surface area contributed by atoms with Gasteiger partial charge in [0.05, 0.1) is 5.69 Å². The normalized spacial score (nSPS) is 25.0. The number of nitrogens with zero attached hydrogens (tertiary/aromatic N) is 2. The van der Waals surface area contributed by atoms with Crippen LogP contribution in [0.2, 0.25) is 0 Å². The number of allylic oxidation sites excluding steroid dienone is 1. The van der Waals surface area contributed by atoms with Gasteiger partial charge >= 0.3 is 0 Å². The van der Waals surface area contributed by atoms with Crippen LogP contribution in [0.1, 0.15) is 18.1 Å². The van der Waals surface area contributed by atoms with E-state index in [1.807, 2.05) is 54.6 Å². The summed E-state index contributed by atoms with van der Waals surface area (Å²) in [6.07, 6.45) is 1.36. The Balaban J connectivity index is 2.13. The van der Waals surface area contributed by atoms with Gasteiger partial charge in [0.1, 0.15) is 5.76 Å². The van der Waals surface area contributed by atoms with Crippen molar-refractivity contribution >= 4 is 29.1 Å². The van der Waals surface area contributed by atoms with Crippen LogP contribution in [-0.2, 0) is 20.1 Å². The van der Waals surface area contributed by atoms with Gasteiger partial charge in [0.15, 0.2) is 5.50 Å². The first-order valence-electron chi connectivity index (χ1n) is 8.24. The fraction of sp³-hybridized carbons (Fsp3) is 0.200. The van der Waals surface area contributed by atoms with Crippen LogP contribution in [-0.4, -0.2) is 29.3 Å². The second-order valence-corrected chi connectivity index (χ2v) is 6.74. The van der Waals surface area contributed by atoms with E-state index in [0.717, 1.165) is 5.56 Å². The number of amides is 2. The molecule has 2 aliphatic rings. The first kappa shape index (κ1) is 16.7. The van der Waals surface area contributed by atoms with Crippen molar-refractivity contribution in [3.05, 3.63) is 77.6 Å². The van der Waals surface area contributed by atoms with Crippen molar-refractivity contribution in [2.45, 2.75) is 18.1 Å². The summed E-state index contributed by atoms with van der Waals surface area (Å²) in [6, 6.07) is 16.7. The van der Waals surface area contributed by atoms with Crippen molar-refractivity contribution in [3.8, 4) is 0 Å². The zero-order valence-corrected chi connectivity index (χ0v) is 15.1. The maximum atomic E-state index is 13.0. The summed E-state index contributed by atoms with van der Waals surface area (Å²) in [5.41, 5.74) is -0.463. The van der Waals surface area contributed by atoms with E-state index in [4.69, 9.17) is 16.3 Å². The van der Waals surface area contributed by atoms with Crippen molar-refractivity contribution in [1.82, 2.24) is 4.90 Å². The fourth-order valence-electron chi connectivity index (χ4n) is 3.63. The van der Waals surface area contributed by atoms with Gasteiger partial charge in [-0.15, -0.1) is 0 Å². The highest BCUT2D eigenvalue weighted by molar-refractivity contribution is 6.34. The van der Waals surface area contributed by atoms with Crippen LogP contribution in [0.15, 0.2) is 66.4 Å². The third-order valence-electron chi connectivity index (χ3n) is 4.77. The zero-order chi connectivity index (χ0) is 18.5. The number of likely N-dealkylation sites (N-methyl/N-ethyl adjacent to an activating group) is 1. The minimum absolute atomic E-state index is 0.365. The lowest BCUT2D eigenvalue weighted by Crippen LogP contribution is -2.58. The number of carbonyl (C=O) groups is 2. The molecule has 2 aliphatic heterocycles. The summed E-state index contributed by atoms with van der Waals surface area (Å²) in [4.78, 5) is 28.6. The Hall–Kier alpha value is -2.79. The smallest absolute Gasteiger partial charge is 0.265 e. The van der Waals surface area contributed by atoms with E-state index in [2.05, 4.69) is 0 Å². The minimum atomic E-state index is -1.32. The van der Waals surface area contributed by atoms with E-state index in [9.17, 15) is 9.59 Å². The predicted octanol–water partition coefficient (Wildman–Crippen LogP) is 3.19. The fourth-order valence-corrected chi connectivity index (χ4v) is 4.01. The monoisotopic (exact) mass is 368 g/mol. The van der Waals surface area contributed by atoms with E-state index in [-0.39, 0.29) is 11.8 Å². The highest BCUT2D eigenvalue weighted by Crippen LogP contribution is 2.48. The third kappa shape index (κ3) is 2.17. The van der Waals surface area contributed by atoms with Gasteiger partial charge in [-0.2, -0.15) is 0 Å². The van der Waals surface area contributed by atoms with Crippen LogP contribution in [0.5, 0.6) is 0 Å². The van der Waals surface area contributed by atoms with Crippen molar-refractivity contribution in [3.63, 3.8) is 0 Å². The lowest BCUT2D eigenvalue weighted by atomic mass is 9.90. The first-order chi connectivity index (χ1) is 12.5. The maximum Gasteiger partial charge on any atom is 0.265 e. The quantitative estimate of drug-likeness (QED) is 0.573. The molecule has 0 bridgehead atoms. The number of anilines is 1. The van der Waals surface area contributed by atoms with Crippen LogP contribution < -0.4 is 4.90 Å². The van der Waals surface area contributed by atoms with Gasteiger partial charge in [0.25, 0.3) is 11.8 Å². The van der Waals surface area contributed by atoms with E-state index in [1.165, 1.54) is 15.9 Å². The van der Waals surface area contributed by atoms with E-state index in [0.29, 0.717) is 17.0 Å². The lowest BCUT2D eigenvalue weighted by Gasteiger charge is -2.46. The highest BCUT2D eigenvalue weighted by atomic mass is 35.5. The number of rotatable bonds is 1. The Kier molecular flexibility index (Phi) is 3.77. The molecule has 0 fully saturated rings. The van der Waals surface area contributed by atoms with Crippen LogP contribution in [0, 0.1) is 0 Å². The van der Waals surface area contributed by atoms with E-state index >= 15 is 0 Å². The van der Waals surface area contributed by atoms with Crippen molar-refractivity contribution in [1.29, 1.82) is 0 Å². The molecule has 26 heavy (non-hydrogen) atoms. The van der Waals surface area contributed by atoms with Gasteiger partial charge in [-0.05, 0) is 13.0 Å². The molecule has 0 saturated carbocycles. The second kappa shape index (κ2) is 5.88. The summed E-state index contributed by atoms with van der Waals surface area (Å²) < 4.78 is 6.31. The molecule has 2 heterocycles. The molecule has 0 spiro atoms. The highest BCUT2D eigenvalue weighted by Gasteiger charge is 2.55. The number of hydrogen-bond donors (Lipinski definition) is 0. The molecule has 0 radical (unpaired) electrons. The van der Waals surface area contributed by atoms with Crippen LogP contribution in [0.4, 0.5) is 5.69 Å². The number of fused-ring (bicyclic) bond motifs is 3. The van der Waals surface area contributed by atoms with Crippen molar-refractivity contribution in [2.24, 2.45) is 0 Å².